The van der Waals surface area contributed by atoms with Gasteiger partial charge in [0.2, 0.25) is 5.91 Å². The minimum atomic E-state index is -0.235. The number of methoxy groups -OCH3 is 1. The molecule has 0 heterocycles. The second-order valence-electron chi connectivity index (χ2n) is 5.38. The van der Waals surface area contributed by atoms with E-state index < -0.39 is 0 Å². The Morgan fingerprint density at radius 1 is 0.957 bits per heavy atom. The number of carbonyl (C=O) groups excluding carboxylic acids is 2. The molecule has 0 spiro atoms. The Morgan fingerprint density at radius 3 is 2.04 bits per heavy atom. The number of amides is 2. The lowest BCUT2D eigenvalue weighted by molar-refractivity contribution is -0.114. The fourth-order valence-corrected chi connectivity index (χ4v) is 2.43. The lowest BCUT2D eigenvalue weighted by atomic mass is 10.0. The first kappa shape index (κ1) is 16.5. The van der Waals surface area contributed by atoms with Gasteiger partial charge in [0.1, 0.15) is 5.75 Å². The molecule has 0 aliphatic heterocycles. The highest BCUT2D eigenvalue weighted by molar-refractivity contribution is 6.06. The molecule has 5 nitrogen and oxygen atoms in total. The number of benzene rings is 2. The van der Waals surface area contributed by atoms with Gasteiger partial charge in [0.15, 0.2) is 0 Å². The SMILES string of the molecule is COc1c(C)cc(C)cc1C(=O)Nc1ccc(NC(C)=O)cc1. The number of aryl methyl sites for hydroxylation is 2. The maximum atomic E-state index is 12.5. The number of ether oxygens (including phenoxy) is 1. The zero-order valence-corrected chi connectivity index (χ0v) is 13.7. The number of rotatable bonds is 4. The summed E-state index contributed by atoms with van der Waals surface area (Å²) < 4.78 is 5.34. The van der Waals surface area contributed by atoms with Gasteiger partial charge in [-0.25, -0.2) is 0 Å². The Bertz CT molecular complexity index is 737. The number of carbonyl (C=O) groups is 2. The standard InChI is InChI=1S/C18H20N2O3/c1-11-9-12(2)17(23-4)16(10-11)18(22)20-15-7-5-14(6-8-15)19-13(3)21/h5-10H,1-4H3,(H,19,21)(H,20,22). The summed E-state index contributed by atoms with van der Waals surface area (Å²) in [6, 6.07) is 10.7. The van der Waals surface area contributed by atoms with Crippen molar-refractivity contribution in [1.29, 1.82) is 0 Å². The van der Waals surface area contributed by atoms with Crippen molar-refractivity contribution >= 4 is 23.2 Å². The Balaban J connectivity index is 2.21. The molecule has 2 amide bonds. The van der Waals surface area contributed by atoms with Crippen molar-refractivity contribution in [1.82, 2.24) is 0 Å². The van der Waals surface area contributed by atoms with E-state index in [-0.39, 0.29) is 11.8 Å². The van der Waals surface area contributed by atoms with E-state index in [1.54, 1.807) is 37.4 Å². The summed E-state index contributed by atoms with van der Waals surface area (Å²) in [5, 5.41) is 5.51. The first-order chi connectivity index (χ1) is 10.9. The number of hydrogen-bond acceptors (Lipinski definition) is 3. The molecule has 0 aromatic heterocycles. The third-order valence-electron chi connectivity index (χ3n) is 3.33. The van der Waals surface area contributed by atoms with E-state index >= 15 is 0 Å². The Kier molecular flexibility index (Phi) is 5.01. The quantitative estimate of drug-likeness (QED) is 0.907. The molecule has 0 saturated carbocycles. The van der Waals surface area contributed by atoms with Crippen LogP contribution in [0, 0.1) is 13.8 Å². The van der Waals surface area contributed by atoms with Crippen LogP contribution in [0.25, 0.3) is 0 Å². The molecule has 0 radical (unpaired) electrons. The molecule has 0 aliphatic carbocycles. The smallest absolute Gasteiger partial charge is 0.259 e. The molecule has 5 heteroatoms. The van der Waals surface area contributed by atoms with Crippen LogP contribution in [0.2, 0.25) is 0 Å². The minimum Gasteiger partial charge on any atom is -0.496 e. The van der Waals surface area contributed by atoms with Crippen LogP contribution in [0.5, 0.6) is 5.75 Å². The molecule has 0 aliphatic rings. The molecular weight excluding hydrogens is 292 g/mol. The summed E-state index contributed by atoms with van der Waals surface area (Å²) in [5.41, 5.74) is 3.73. The number of anilines is 2. The molecule has 23 heavy (non-hydrogen) atoms. The predicted octanol–water partition coefficient (Wildman–Crippen LogP) is 3.52. The van der Waals surface area contributed by atoms with Gasteiger partial charge in [0, 0.05) is 18.3 Å². The van der Waals surface area contributed by atoms with Gasteiger partial charge < -0.3 is 15.4 Å². The van der Waals surface area contributed by atoms with Gasteiger partial charge in [-0.3, -0.25) is 9.59 Å². The molecule has 0 bridgehead atoms. The van der Waals surface area contributed by atoms with Crippen molar-refractivity contribution in [2.45, 2.75) is 20.8 Å². The summed E-state index contributed by atoms with van der Waals surface area (Å²) in [5.74, 6) is 0.200. The Labute approximate surface area is 135 Å². The van der Waals surface area contributed by atoms with Gasteiger partial charge in [-0.15, -0.1) is 0 Å². The van der Waals surface area contributed by atoms with E-state index in [0.717, 1.165) is 11.1 Å². The van der Waals surface area contributed by atoms with Crippen molar-refractivity contribution < 1.29 is 14.3 Å². The van der Waals surface area contributed by atoms with Crippen molar-refractivity contribution in [3.05, 3.63) is 53.1 Å². The van der Waals surface area contributed by atoms with Crippen LogP contribution >= 0.6 is 0 Å². The normalized spacial score (nSPS) is 10.1. The molecule has 120 valence electrons. The first-order valence-electron chi connectivity index (χ1n) is 7.25. The van der Waals surface area contributed by atoms with Crippen molar-refractivity contribution in [3.8, 4) is 5.75 Å². The van der Waals surface area contributed by atoms with Gasteiger partial charge in [-0.2, -0.15) is 0 Å². The third-order valence-corrected chi connectivity index (χ3v) is 3.33. The van der Waals surface area contributed by atoms with E-state index in [1.807, 2.05) is 19.9 Å². The van der Waals surface area contributed by atoms with Crippen LogP contribution in [-0.2, 0) is 4.79 Å². The minimum absolute atomic E-state index is 0.137. The summed E-state index contributed by atoms with van der Waals surface area (Å²) >= 11 is 0. The maximum absolute atomic E-state index is 12.5. The van der Waals surface area contributed by atoms with Gasteiger partial charge in [-0.1, -0.05) is 6.07 Å². The summed E-state index contributed by atoms with van der Waals surface area (Å²) in [6.45, 7) is 5.29. The fourth-order valence-electron chi connectivity index (χ4n) is 2.43. The lowest BCUT2D eigenvalue weighted by Crippen LogP contribution is -2.14. The molecular formula is C18H20N2O3. The largest absolute Gasteiger partial charge is 0.496 e. The molecule has 2 N–H and O–H groups in total. The molecule has 0 fully saturated rings. The van der Waals surface area contributed by atoms with E-state index in [4.69, 9.17) is 4.74 Å². The van der Waals surface area contributed by atoms with E-state index in [9.17, 15) is 9.59 Å². The second-order valence-corrected chi connectivity index (χ2v) is 5.38. The topological polar surface area (TPSA) is 67.4 Å². The van der Waals surface area contributed by atoms with Crippen LogP contribution < -0.4 is 15.4 Å². The van der Waals surface area contributed by atoms with Crippen LogP contribution in [-0.4, -0.2) is 18.9 Å². The molecule has 0 atom stereocenters. The molecule has 2 aromatic carbocycles. The van der Waals surface area contributed by atoms with Crippen LogP contribution in [0.4, 0.5) is 11.4 Å². The van der Waals surface area contributed by atoms with Crippen LogP contribution in [0.3, 0.4) is 0 Å². The fraction of sp³-hybridized carbons (Fsp3) is 0.222. The van der Waals surface area contributed by atoms with E-state index in [1.165, 1.54) is 6.92 Å². The average Bonchev–Trinajstić information content (AvgIpc) is 2.48. The Hall–Kier alpha value is -2.82. The lowest BCUT2D eigenvalue weighted by Gasteiger charge is -2.13. The van der Waals surface area contributed by atoms with Crippen molar-refractivity contribution in [2.24, 2.45) is 0 Å². The maximum Gasteiger partial charge on any atom is 0.259 e. The monoisotopic (exact) mass is 312 g/mol. The van der Waals surface area contributed by atoms with Gasteiger partial charge >= 0.3 is 0 Å². The highest BCUT2D eigenvalue weighted by Crippen LogP contribution is 2.26. The second kappa shape index (κ2) is 6.96. The zero-order valence-electron chi connectivity index (χ0n) is 13.7. The summed E-state index contributed by atoms with van der Waals surface area (Å²) in [7, 11) is 1.55. The highest BCUT2D eigenvalue weighted by atomic mass is 16.5. The number of hydrogen-bond donors (Lipinski definition) is 2. The van der Waals surface area contributed by atoms with Gasteiger partial charge in [0.25, 0.3) is 5.91 Å². The van der Waals surface area contributed by atoms with Crippen LogP contribution in [0.1, 0.15) is 28.4 Å². The first-order valence-corrected chi connectivity index (χ1v) is 7.25. The number of nitrogens with one attached hydrogen (secondary N) is 2. The van der Waals surface area contributed by atoms with Crippen LogP contribution in [0.15, 0.2) is 36.4 Å². The molecule has 0 saturated heterocycles. The van der Waals surface area contributed by atoms with Crippen molar-refractivity contribution in [2.75, 3.05) is 17.7 Å². The molecule has 2 rings (SSSR count). The van der Waals surface area contributed by atoms with E-state index in [0.29, 0.717) is 22.7 Å². The highest BCUT2D eigenvalue weighted by Gasteiger charge is 2.15. The summed E-state index contributed by atoms with van der Waals surface area (Å²) in [4.78, 5) is 23.5. The van der Waals surface area contributed by atoms with E-state index in [2.05, 4.69) is 10.6 Å². The van der Waals surface area contributed by atoms with Gasteiger partial charge in [-0.05, 0) is 55.3 Å². The third kappa shape index (κ3) is 4.10. The molecule has 2 aromatic rings. The predicted molar refractivity (Wildman–Crippen MR) is 91.2 cm³/mol. The average molecular weight is 312 g/mol. The molecule has 0 unspecified atom stereocenters. The van der Waals surface area contributed by atoms with Crippen molar-refractivity contribution in [3.63, 3.8) is 0 Å². The Morgan fingerprint density at radius 2 is 1.52 bits per heavy atom. The summed E-state index contributed by atoms with van der Waals surface area (Å²) in [6.07, 6.45) is 0. The zero-order chi connectivity index (χ0) is 17.0. The van der Waals surface area contributed by atoms with Gasteiger partial charge in [0.05, 0.1) is 12.7 Å².